The lowest BCUT2D eigenvalue weighted by Crippen LogP contribution is -2.42. The summed E-state index contributed by atoms with van der Waals surface area (Å²) < 4.78 is 0. The first-order valence-corrected chi connectivity index (χ1v) is 13.8. The maximum atomic E-state index is 4.82. The van der Waals surface area contributed by atoms with Crippen LogP contribution in [0.4, 0.5) is 11.4 Å². The first kappa shape index (κ1) is 24.9. The fourth-order valence-electron chi connectivity index (χ4n) is 7.55. The molecule has 2 aliphatic heterocycles. The van der Waals surface area contributed by atoms with Crippen LogP contribution in [-0.2, 0) is 5.41 Å². The van der Waals surface area contributed by atoms with Crippen molar-refractivity contribution in [2.75, 3.05) is 10.6 Å². The number of allylic oxidation sites excluding steroid dienone is 3. The summed E-state index contributed by atoms with van der Waals surface area (Å²) in [4.78, 5) is 0. The molecular formula is C34H44N2. The van der Waals surface area contributed by atoms with Crippen molar-refractivity contribution in [2.45, 2.75) is 91.1 Å². The molecule has 2 heteroatoms. The molecule has 2 unspecified atom stereocenters. The van der Waals surface area contributed by atoms with Gasteiger partial charge in [-0.15, -0.1) is 0 Å². The second kappa shape index (κ2) is 8.40. The average molecular weight is 481 g/mol. The molecule has 0 radical (unpaired) electrons. The van der Waals surface area contributed by atoms with Crippen LogP contribution >= 0.6 is 0 Å². The molecule has 0 saturated heterocycles. The van der Waals surface area contributed by atoms with Crippen LogP contribution in [0.15, 0.2) is 60.7 Å². The van der Waals surface area contributed by atoms with Gasteiger partial charge < -0.3 is 10.6 Å². The second-order valence-electron chi connectivity index (χ2n) is 12.9. The minimum atomic E-state index is -0.211. The quantitative estimate of drug-likeness (QED) is 0.428. The van der Waals surface area contributed by atoms with Crippen molar-refractivity contribution in [1.29, 1.82) is 0 Å². The third kappa shape index (κ3) is 3.94. The maximum Gasteiger partial charge on any atom is 0.0505 e. The molecular weight excluding hydrogens is 436 g/mol. The number of fused-ring (bicyclic) bond motifs is 2. The minimum Gasteiger partial charge on any atom is -0.376 e. The lowest BCUT2D eigenvalue weighted by Gasteiger charge is -2.49. The van der Waals surface area contributed by atoms with E-state index in [0.717, 1.165) is 6.42 Å². The van der Waals surface area contributed by atoms with Gasteiger partial charge in [-0.3, -0.25) is 0 Å². The summed E-state index contributed by atoms with van der Waals surface area (Å²) in [6.07, 6.45) is 8.20. The van der Waals surface area contributed by atoms with Crippen molar-refractivity contribution in [3.63, 3.8) is 0 Å². The van der Waals surface area contributed by atoms with Gasteiger partial charge in [-0.1, -0.05) is 68.8 Å². The van der Waals surface area contributed by atoms with Crippen LogP contribution in [0.3, 0.4) is 0 Å². The first-order valence-electron chi connectivity index (χ1n) is 13.8. The Bertz CT molecular complexity index is 1200. The van der Waals surface area contributed by atoms with Crippen LogP contribution in [0.25, 0.3) is 11.1 Å². The molecule has 2 heterocycles. The fraction of sp³-hybridized carbons (Fsp3) is 0.471. The predicted octanol–water partition coefficient (Wildman–Crippen LogP) is 9.20. The summed E-state index contributed by atoms with van der Waals surface area (Å²) in [5, 5.41) is 7.61. The summed E-state index contributed by atoms with van der Waals surface area (Å²) >= 11 is 0. The predicted molar refractivity (Wildman–Crippen MR) is 158 cm³/mol. The molecule has 1 saturated carbocycles. The van der Waals surface area contributed by atoms with Crippen molar-refractivity contribution < 1.29 is 0 Å². The summed E-state index contributed by atoms with van der Waals surface area (Å²) in [7, 11) is 0. The summed E-state index contributed by atoms with van der Waals surface area (Å²) in [6, 6.07) is 14.3. The molecule has 2 N–H and O–H groups in total. The molecule has 2 nitrogen and oxygen atoms in total. The van der Waals surface area contributed by atoms with Crippen molar-refractivity contribution >= 4 is 22.5 Å². The number of benzene rings is 2. The molecule has 3 aliphatic rings. The van der Waals surface area contributed by atoms with Crippen molar-refractivity contribution in [3.05, 3.63) is 83.0 Å². The highest BCUT2D eigenvalue weighted by atomic mass is 15.0. The molecule has 5 rings (SSSR count). The van der Waals surface area contributed by atoms with E-state index in [0.29, 0.717) is 11.8 Å². The molecule has 1 fully saturated rings. The monoisotopic (exact) mass is 480 g/mol. The SMILES string of the molecule is C=C1CC(CC)CC(C)C1(c1ccc2c(c1)NC(C)(C)C=C2C)c1ccc2c(c1)NC(C)(C)C=C2C. The van der Waals surface area contributed by atoms with Crippen molar-refractivity contribution in [2.24, 2.45) is 11.8 Å². The normalized spacial score (nSPS) is 25.5. The summed E-state index contributed by atoms with van der Waals surface area (Å²) in [5.74, 6) is 1.17. The number of anilines is 2. The number of nitrogens with one attached hydrogen (secondary N) is 2. The minimum absolute atomic E-state index is 0.0590. The molecule has 2 atom stereocenters. The van der Waals surface area contributed by atoms with Crippen LogP contribution in [0.2, 0.25) is 0 Å². The Balaban J connectivity index is 1.72. The van der Waals surface area contributed by atoms with E-state index in [1.807, 2.05) is 0 Å². The van der Waals surface area contributed by atoms with Crippen LogP contribution < -0.4 is 10.6 Å². The third-order valence-corrected chi connectivity index (χ3v) is 8.96. The van der Waals surface area contributed by atoms with E-state index in [2.05, 4.69) is 115 Å². The summed E-state index contributed by atoms with van der Waals surface area (Å²) in [6.45, 7) is 23.1. The van der Waals surface area contributed by atoms with Gasteiger partial charge in [-0.2, -0.15) is 0 Å². The van der Waals surface area contributed by atoms with E-state index in [1.54, 1.807) is 0 Å². The molecule has 2 aromatic rings. The van der Waals surface area contributed by atoms with Crippen LogP contribution in [-0.4, -0.2) is 11.1 Å². The van der Waals surface area contributed by atoms with Crippen molar-refractivity contribution in [1.82, 2.24) is 0 Å². The van der Waals surface area contributed by atoms with Crippen molar-refractivity contribution in [3.8, 4) is 0 Å². The van der Waals surface area contributed by atoms with E-state index in [-0.39, 0.29) is 16.5 Å². The van der Waals surface area contributed by atoms with Crippen LogP contribution in [0, 0.1) is 11.8 Å². The van der Waals surface area contributed by atoms with E-state index in [4.69, 9.17) is 6.58 Å². The Morgan fingerprint density at radius 2 is 1.31 bits per heavy atom. The summed E-state index contributed by atoms with van der Waals surface area (Å²) in [5.41, 5.74) is 11.6. The molecule has 190 valence electrons. The maximum absolute atomic E-state index is 4.82. The van der Waals surface area contributed by atoms with Gasteiger partial charge >= 0.3 is 0 Å². The van der Waals surface area contributed by atoms with Gasteiger partial charge in [0.15, 0.2) is 0 Å². The average Bonchev–Trinajstić information content (AvgIpc) is 2.76. The first-order chi connectivity index (χ1) is 16.9. The van der Waals surface area contributed by atoms with E-state index >= 15 is 0 Å². The number of hydrogen-bond donors (Lipinski definition) is 2. The lowest BCUT2D eigenvalue weighted by atomic mass is 9.55. The largest absolute Gasteiger partial charge is 0.376 e. The van der Waals surface area contributed by atoms with E-state index < -0.39 is 0 Å². The van der Waals surface area contributed by atoms with Gasteiger partial charge in [0.2, 0.25) is 0 Å². The Hall–Kier alpha value is -2.74. The van der Waals surface area contributed by atoms with Crippen LogP contribution in [0.1, 0.15) is 96.9 Å². The Morgan fingerprint density at radius 3 is 1.72 bits per heavy atom. The fourth-order valence-corrected chi connectivity index (χ4v) is 7.55. The molecule has 0 bridgehead atoms. The van der Waals surface area contributed by atoms with E-state index in [9.17, 15) is 0 Å². The standard InChI is InChI=1S/C34H44N2/c1-10-25-15-23(4)34(24(5)16-25,26-11-13-28-21(2)19-32(6,7)35-30(28)17-26)27-12-14-29-22(3)20-33(8,9)36-31(29)18-27/h11-14,17-20,24-25,35-36H,4,10,15-16H2,1-3,5-9H3. The smallest absolute Gasteiger partial charge is 0.0505 e. The van der Waals surface area contributed by atoms with Gasteiger partial charge in [-0.05, 0) is 101 Å². The highest BCUT2D eigenvalue weighted by Crippen LogP contribution is 2.55. The zero-order valence-electron chi connectivity index (χ0n) is 23.6. The van der Waals surface area contributed by atoms with Gasteiger partial charge in [0.1, 0.15) is 0 Å². The Labute approximate surface area is 219 Å². The highest BCUT2D eigenvalue weighted by Gasteiger charge is 2.47. The second-order valence-corrected chi connectivity index (χ2v) is 12.9. The molecule has 2 aromatic carbocycles. The highest BCUT2D eigenvalue weighted by molar-refractivity contribution is 5.83. The number of hydrogen-bond acceptors (Lipinski definition) is 2. The van der Waals surface area contributed by atoms with Crippen LogP contribution in [0.5, 0.6) is 0 Å². The molecule has 0 amide bonds. The Kier molecular flexibility index (Phi) is 5.82. The molecule has 36 heavy (non-hydrogen) atoms. The molecule has 0 aromatic heterocycles. The zero-order valence-corrected chi connectivity index (χ0v) is 23.6. The lowest BCUT2D eigenvalue weighted by molar-refractivity contribution is 0.244. The Morgan fingerprint density at radius 1 is 0.833 bits per heavy atom. The van der Waals surface area contributed by atoms with Gasteiger partial charge in [0, 0.05) is 27.9 Å². The van der Waals surface area contributed by atoms with Gasteiger partial charge in [0.05, 0.1) is 11.1 Å². The van der Waals surface area contributed by atoms with Gasteiger partial charge in [0.25, 0.3) is 0 Å². The van der Waals surface area contributed by atoms with E-state index in [1.165, 1.54) is 63.2 Å². The zero-order chi connectivity index (χ0) is 26.0. The third-order valence-electron chi connectivity index (χ3n) is 8.96. The topological polar surface area (TPSA) is 24.1 Å². The molecule has 1 aliphatic carbocycles. The van der Waals surface area contributed by atoms with Gasteiger partial charge in [-0.25, -0.2) is 0 Å². The number of rotatable bonds is 3. The molecule has 0 spiro atoms.